The van der Waals surface area contributed by atoms with Crippen molar-refractivity contribution >= 4 is 50.3 Å². The number of nitrogens with zero attached hydrogens (tertiary/aromatic N) is 4. The first kappa shape index (κ1) is 14.9. The van der Waals surface area contributed by atoms with E-state index in [1.807, 2.05) is 36.9 Å². The van der Waals surface area contributed by atoms with E-state index < -0.39 is 0 Å². The maximum Gasteiger partial charge on any atom is 0.163 e. The monoisotopic (exact) mass is 386 g/mol. The summed E-state index contributed by atoms with van der Waals surface area (Å²) in [7, 11) is 1.92. The van der Waals surface area contributed by atoms with Crippen LogP contribution in [0, 0.1) is 6.92 Å². The molecule has 0 aliphatic carbocycles. The van der Waals surface area contributed by atoms with E-state index in [0.717, 1.165) is 32.8 Å². The number of halogens is 3. The van der Waals surface area contributed by atoms with Gasteiger partial charge in [-0.3, -0.25) is 4.57 Å². The van der Waals surface area contributed by atoms with Gasteiger partial charge in [0.2, 0.25) is 0 Å². The Balaban J connectivity index is 2.32. The molecule has 0 bridgehead atoms. The lowest BCUT2D eigenvalue weighted by Crippen LogP contribution is -2.06. The molecule has 21 heavy (non-hydrogen) atoms. The molecular formula is C14H13BrCl2N4. The largest absolute Gasteiger partial charge is 0.281 e. The van der Waals surface area contributed by atoms with Gasteiger partial charge in [0.25, 0.3) is 0 Å². The quantitative estimate of drug-likeness (QED) is 0.629. The molecule has 1 aromatic carbocycles. The summed E-state index contributed by atoms with van der Waals surface area (Å²) in [5.74, 6) is 1.44. The minimum Gasteiger partial charge on any atom is -0.281 e. The van der Waals surface area contributed by atoms with Crippen LogP contribution in [-0.4, -0.2) is 25.2 Å². The molecule has 0 radical (unpaired) electrons. The van der Waals surface area contributed by atoms with Gasteiger partial charge in [-0.2, -0.15) is 5.10 Å². The molecule has 4 nitrogen and oxygen atoms in total. The summed E-state index contributed by atoms with van der Waals surface area (Å²) >= 11 is 15.5. The van der Waals surface area contributed by atoms with E-state index in [1.54, 1.807) is 0 Å². The fourth-order valence-electron chi connectivity index (χ4n) is 2.47. The van der Waals surface area contributed by atoms with Gasteiger partial charge in [0.05, 0.1) is 16.4 Å². The van der Waals surface area contributed by atoms with Crippen molar-refractivity contribution in [1.82, 2.24) is 19.3 Å². The van der Waals surface area contributed by atoms with Gasteiger partial charge in [-0.05, 0) is 41.1 Å². The minimum atomic E-state index is 0.518. The summed E-state index contributed by atoms with van der Waals surface area (Å²) < 4.78 is 4.77. The van der Waals surface area contributed by atoms with Crippen LogP contribution >= 0.6 is 39.1 Å². The number of aryl methyl sites for hydroxylation is 3. The third-order valence-corrected chi connectivity index (χ3v) is 4.75. The van der Waals surface area contributed by atoms with Gasteiger partial charge in [-0.15, -0.1) is 11.6 Å². The molecule has 3 aromatic rings. The Labute approximate surface area is 140 Å². The molecule has 3 rings (SSSR count). The Morgan fingerprint density at radius 2 is 2.10 bits per heavy atom. The summed E-state index contributed by atoms with van der Waals surface area (Å²) in [5, 5.41) is 5.12. The van der Waals surface area contributed by atoms with Gasteiger partial charge in [-0.25, -0.2) is 9.67 Å². The highest BCUT2D eigenvalue weighted by molar-refractivity contribution is 9.10. The van der Waals surface area contributed by atoms with Crippen LogP contribution in [0.25, 0.3) is 16.9 Å². The number of benzene rings is 1. The first-order valence-electron chi connectivity index (χ1n) is 6.45. The zero-order valence-corrected chi connectivity index (χ0v) is 14.7. The number of hydrogen-bond donors (Lipinski definition) is 0. The van der Waals surface area contributed by atoms with Gasteiger partial charge in [0, 0.05) is 23.8 Å². The van der Waals surface area contributed by atoms with Crippen molar-refractivity contribution in [3.05, 3.63) is 39.2 Å². The van der Waals surface area contributed by atoms with Crippen LogP contribution in [0.5, 0.6) is 0 Å². The average molecular weight is 388 g/mol. The van der Waals surface area contributed by atoms with E-state index in [4.69, 9.17) is 28.2 Å². The third kappa shape index (κ3) is 2.47. The molecule has 0 saturated heterocycles. The van der Waals surface area contributed by atoms with E-state index in [2.05, 4.69) is 25.6 Å². The van der Waals surface area contributed by atoms with Gasteiger partial charge in [0.15, 0.2) is 5.65 Å². The smallest absolute Gasteiger partial charge is 0.163 e. The SMILES string of the molecule is Cc1nn(C)c2c1nc(CCCl)n2-c1ccc(Cl)c(Br)c1. The van der Waals surface area contributed by atoms with Crippen LogP contribution in [-0.2, 0) is 13.5 Å². The van der Waals surface area contributed by atoms with Gasteiger partial charge in [-0.1, -0.05) is 11.6 Å². The number of aromatic nitrogens is 4. The summed E-state index contributed by atoms with van der Waals surface area (Å²) in [6, 6.07) is 5.80. The Hall–Kier alpha value is -1.04. The zero-order chi connectivity index (χ0) is 15.1. The van der Waals surface area contributed by atoms with E-state index >= 15 is 0 Å². The molecule has 0 unspecified atom stereocenters. The molecule has 110 valence electrons. The number of alkyl halides is 1. The maximum atomic E-state index is 6.09. The fraction of sp³-hybridized carbons (Fsp3) is 0.286. The normalized spacial score (nSPS) is 11.5. The highest BCUT2D eigenvalue weighted by Gasteiger charge is 2.18. The van der Waals surface area contributed by atoms with Crippen LogP contribution in [0.4, 0.5) is 0 Å². The van der Waals surface area contributed by atoms with Crippen molar-refractivity contribution in [2.75, 3.05) is 5.88 Å². The Kier molecular flexibility index (Phi) is 3.99. The Bertz CT molecular complexity index is 822. The van der Waals surface area contributed by atoms with Crippen molar-refractivity contribution < 1.29 is 0 Å². The third-order valence-electron chi connectivity index (χ3n) is 3.35. The molecule has 7 heteroatoms. The second-order valence-electron chi connectivity index (χ2n) is 4.78. The van der Waals surface area contributed by atoms with Crippen LogP contribution in [0.3, 0.4) is 0 Å². The Morgan fingerprint density at radius 3 is 2.76 bits per heavy atom. The number of fused-ring (bicyclic) bond motifs is 1. The molecule has 0 spiro atoms. The number of rotatable bonds is 3. The lowest BCUT2D eigenvalue weighted by Gasteiger charge is -2.10. The lowest BCUT2D eigenvalue weighted by molar-refractivity contribution is 0.751. The molecule has 0 amide bonds. The topological polar surface area (TPSA) is 35.6 Å². The molecule has 0 atom stereocenters. The first-order chi connectivity index (χ1) is 10.0. The molecule has 0 aliphatic heterocycles. The lowest BCUT2D eigenvalue weighted by atomic mass is 10.3. The fourth-order valence-corrected chi connectivity index (χ4v) is 3.12. The van der Waals surface area contributed by atoms with Crippen molar-refractivity contribution in [1.29, 1.82) is 0 Å². The summed E-state index contributed by atoms with van der Waals surface area (Å²) in [5.41, 5.74) is 3.76. The molecule has 2 heterocycles. The zero-order valence-electron chi connectivity index (χ0n) is 11.6. The average Bonchev–Trinajstić information content (AvgIpc) is 2.93. The highest BCUT2D eigenvalue weighted by atomic mass is 79.9. The van der Waals surface area contributed by atoms with Crippen molar-refractivity contribution in [2.24, 2.45) is 7.05 Å². The summed E-state index contributed by atoms with van der Waals surface area (Å²) in [6.45, 7) is 1.96. The van der Waals surface area contributed by atoms with Crippen molar-refractivity contribution in [3.63, 3.8) is 0 Å². The predicted molar refractivity (Wildman–Crippen MR) is 89.7 cm³/mol. The van der Waals surface area contributed by atoms with Crippen LogP contribution in [0.15, 0.2) is 22.7 Å². The number of hydrogen-bond acceptors (Lipinski definition) is 2. The molecule has 0 aliphatic rings. The second-order valence-corrected chi connectivity index (χ2v) is 6.42. The van der Waals surface area contributed by atoms with Gasteiger partial charge >= 0.3 is 0 Å². The molecule has 2 aromatic heterocycles. The molecule has 0 saturated carbocycles. The van der Waals surface area contributed by atoms with E-state index in [0.29, 0.717) is 17.3 Å². The maximum absolute atomic E-state index is 6.09. The van der Waals surface area contributed by atoms with Crippen molar-refractivity contribution in [2.45, 2.75) is 13.3 Å². The predicted octanol–water partition coefficient (Wildman–Crippen LogP) is 4.26. The van der Waals surface area contributed by atoms with Crippen LogP contribution in [0.1, 0.15) is 11.5 Å². The number of imidazole rings is 1. The molecule has 0 fully saturated rings. The summed E-state index contributed by atoms with van der Waals surface area (Å²) in [4.78, 5) is 4.70. The highest BCUT2D eigenvalue weighted by Crippen LogP contribution is 2.29. The molecular weight excluding hydrogens is 375 g/mol. The first-order valence-corrected chi connectivity index (χ1v) is 8.15. The standard InChI is InChI=1S/C14H13BrCl2N4/c1-8-13-14(20(2)19-8)21(12(18-13)5-6-16)9-3-4-11(17)10(15)7-9/h3-4,7H,5-6H2,1-2H3. The van der Waals surface area contributed by atoms with Crippen molar-refractivity contribution in [3.8, 4) is 5.69 Å². The van der Waals surface area contributed by atoms with E-state index in [-0.39, 0.29) is 0 Å². The summed E-state index contributed by atoms with van der Waals surface area (Å²) in [6.07, 6.45) is 0.690. The molecule has 0 N–H and O–H groups in total. The minimum absolute atomic E-state index is 0.518. The van der Waals surface area contributed by atoms with E-state index in [9.17, 15) is 0 Å². The van der Waals surface area contributed by atoms with Gasteiger partial charge in [0.1, 0.15) is 11.3 Å². The Morgan fingerprint density at radius 1 is 1.33 bits per heavy atom. The second kappa shape index (κ2) is 5.63. The van der Waals surface area contributed by atoms with Gasteiger partial charge < -0.3 is 0 Å². The van der Waals surface area contributed by atoms with Crippen LogP contribution in [0.2, 0.25) is 5.02 Å². The van der Waals surface area contributed by atoms with E-state index in [1.165, 1.54) is 0 Å². The van der Waals surface area contributed by atoms with Crippen LogP contribution < -0.4 is 0 Å².